The van der Waals surface area contributed by atoms with E-state index >= 15 is 0 Å². The summed E-state index contributed by atoms with van der Waals surface area (Å²) in [6, 6.07) is 0. The van der Waals surface area contributed by atoms with Crippen LogP contribution in [0.2, 0.25) is 0 Å². The van der Waals surface area contributed by atoms with Crippen LogP contribution in [0.4, 0.5) is 0 Å². The van der Waals surface area contributed by atoms with Gasteiger partial charge in [-0.1, -0.05) is 0 Å². The average molecular weight is 342 g/mol. The SMILES string of the molecule is CCOC(=O)C(C(C)=O)C(=O)CCC(=O)C(C(C)=O)C(=O)OCC. The zero-order valence-electron chi connectivity index (χ0n) is 14.2. The molecular weight excluding hydrogens is 320 g/mol. The summed E-state index contributed by atoms with van der Waals surface area (Å²) in [5.74, 6) is -8.13. The molecule has 0 spiro atoms. The molecule has 0 saturated heterocycles. The van der Waals surface area contributed by atoms with Gasteiger partial charge < -0.3 is 9.47 Å². The third kappa shape index (κ3) is 6.39. The van der Waals surface area contributed by atoms with Gasteiger partial charge >= 0.3 is 11.9 Å². The van der Waals surface area contributed by atoms with Gasteiger partial charge in [0.05, 0.1) is 13.2 Å². The first kappa shape index (κ1) is 21.6. The average Bonchev–Trinajstić information content (AvgIpc) is 2.45. The molecule has 0 amide bonds. The van der Waals surface area contributed by atoms with E-state index < -0.39 is 59.7 Å². The summed E-state index contributed by atoms with van der Waals surface area (Å²) in [6.07, 6.45) is -0.907. The van der Waals surface area contributed by atoms with Gasteiger partial charge in [-0.15, -0.1) is 0 Å². The molecule has 0 fully saturated rings. The highest BCUT2D eigenvalue weighted by atomic mass is 16.5. The molecule has 0 aromatic carbocycles. The van der Waals surface area contributed by atoms with Crippen LogP contribution in [0.1, 0.15) is 40.5 Å². The van der Waals surface area contributed by atoms with Crippen LogP contribution in [-0.4, -0.2) is 48.3 Å². The van der Waals surface area contributed by atoms with Crippen LogP contribution in [0, 0.1) is 11.8 Å². The van der Waals surface area contributed by atoms with Crippen LogP contribution >= 0.6 is 0 Å². The third-order valence-corrected chi connectivity index (χ3v) is 3.12. The molecule has 0 aliphatic heterocycles. The van der Waals surface area contributed by atoms with Crippen molar-refractivity contribution in [1.82, 2.24) is 0 Å². The van der Waals surface area contributed by atoms with Crippen molar-refractivity contribution in [3.8, 4) is 0 Å². The third-order valence-electron chi connectivity index (χ3n) is 3.12. The molecule has 0 bridgehead atoms. The minimum Gasteiger partial charge on any atom is -0.465 e. The second kappa shape index (κ2) is 10.4. The quantitative estimate of drug-likeness (QED) is 0.392. The lowest BCUT2D eigenvalue weighted by molar-refractivity contribution is -0.158. The summed E-state index contributed by atoms with van der Waals surface area (Å²) in [4.78, 5) is 70.2. The number of rotatable bonds is 11. The van der Waals surface area contributed by atoms with Crippen molar-refractivity contribution in [2.45, 2.75) is 40.5 Å². The Morgan fingerprint density at radius 1 is 0.667 bits per heavy atom. The van der Waals surface area contributed by atoms with Crippen LogP contribution in [0.5, 0.6) is 0 Å². The molecule has 0 aliphatic rings. The molecule has 0 aromatic heterocycles. The number of ketones is 4. The summed E-state index contributed by atoms with van der Waals surface area (Å²) in [7, 11) is 0. The first-order valence-electron chi connectivity index (χ1n) is 7.56. The van der Waals surface area contributed by atoms with Gasteiger partial charge in [-0.25, -0.2) is 0 Å². The molecule has 0 heterocycles. The lowest BCUT2D eigenvalue weighted by Gasteiger charge is -2.13. The molecule has 0 rings (SSSR count). The minimum atomic E-state index is -1.60. The highest BCUT2D eigenvalue weighted by molar-refractivity contribution is 6.19. The Morgan fingerprint density at radius 2 is 0.958 bits per heavy atom. The summed E-state index contributed by atoms with van der Waals surface area (Å²) < 4.78 is 9.31. The zero-order valence-corrected chi connectivity index (χ0v) is 14.2. The Hall–Kier alpha value is -2.38. The summed E-state index contributed by atoms with van der Waals surface area (Å²) in [5, 5.41) is 0. The summed E-state index contributed by atoms with van der Waals surface area (Å²) in [6.45, 7) is 5.20. The number of ether oxygens (including phenoxy) is 2. The van der Waals surface area contributed by atoms with E-state index in [0.717, 1.165) is 13.8 Å². The van der Waals surface area contributed by atoms with E-state index in [2.05, 4.69) is 9.47 Å². The molecule has 0 aliphatic carbocycles. The van der Waals surface area contributed by atoms with Gasteiger partial charge in [0.2, 0.25) is 0 Å². The molecule has 2 atom stereocenters. The van der Waals surface area contributed by atoms with Crippen LogP contribution in [-0.2, 0) is 38.2 Å². The first-order valence-corrected chi connectivity index (χ1v) is 7.56. The second-order valence-electron chi connectivity index (χ2n) is 5.02. The Labute approximate surface area is 139 Å². The van der Waals surface area contributed by atoms with Crippen molar-refractivity contribution in [1.29, 1.82) is 0 Å². The topological polar surface area (TPSA) is 121 Å². The fraction of sp³-hybridized carbons (Fsp3) is 0.625. The van der Waals surface area contributed by atoms with E-state index in [1.807, 2.05) is 0 Å². The largest absolute Gasteiger partial charge is 0.465 e. The van der Waals surface area contributed by atoms with Crippen LogP contribution in [0.3, 0.4) is 0 Å². The van der Waals surface area contributed by atoms with Crippen molar-refractivity contribution in [2.24, 2.45) is 11.8 Å². The first-order chi connectivity index (χ1) is 11.2. The Balaban J connectivity index is 4.95. The fourth-order valence-electron chi connectivity index (χ4n) is 2.03. The predicted octanol–water partition coefficient (Wildman–Crippen LogP) is 0.441. The van der Waals surface area contributed by atoms with Crippen LogP contribution in [0.25, 0.3) is 0 Å². The highest BCUT2D eigenvalue weighted by Crippen LogP contribution is 2.13. The van der Waals surface area contributed by atoms with Crippen molar-refractivity contribution in [2.75, 3.05) is 13.2 Å². The zero-order chi connectivity index (χ0) is 18.9. The monoisotopic (exact) mass is 342 g/mol. The molecule has 24 heavy (non-hydrogen) atoms. The number of esters is 2. The number of carbonyl (C=O) groups excluding carboxylic acids is 6. The van der Waals surface area contributed by atoms with Crippen molar-refractivity contribution in [3.63, 3.8) is 0 Å². The summed E-state index contributed by atoms with van der Waals surface area (Å²) in [5.41, 5.74) is 0. The fourth-order valence-corrected chi connectivity index (χ4v) is 2.03. The van der Waals surface area contributed by atoms with Crippen LogP contribution in [0.15, 0.2) is 0 Å². The summed E-state index contributed by atoms with van der Waals surface area (Å²) >= 11 is 0. The van der Waals surface area contributed by atoms with E-state index in [1.54, 1.807) is 0 Å². The van der Waals surface area contributed by atoms with E-state index in [9.17, 15) is 28.8 Å². The predicted molar refractivity (Wildman–Crippen MR) is 80.9 cm³/mol. The highest BCUT2D eigenvalue weighted by Gasteiger charge is 2.35. The van der Waals surface area contributed by atoms with Gasteiger partial charge in [-0.05, 0) is 27.7 Å². The number of carbonyl (C=O) groups is 6. The van der Waals surface area contributed by atoms with Gasteiger partial charge in [-0.3, -0.25) is 28.8 Å². The Kier molecular flexibility index (Phi) is 9.37. The number of hydrogen-bond donors (Lipinski definition) is 0. The van der Waals surface area contributed by atoms with Crippen LogP contribution < -0.4 is 0 Å². The molecule has 134 valence electrons. The van der Waals surface area contributed by atoms with Gasteiger partial charge in [0, 0.05) is 12.8 Å². The molecule has 0 saturated carbocycles. The van der Waals surface area contributed by atoms with E-state index in [1.165, 1.54) is 13.8 Å². The minimum absolute atomic E-state index is 0.00406. The van der Waals surface area contributed by atoms with Gasteiger partial charge in [0.1, 0.15) is 0 Å². The normalized spacial score (nSPS) is 12.7. The lowest BCUT2D eigenvalue weighted by Crippen LogP contribution is -2.35. The standard InChI is InChI=1S/C16H22O8/c1-5-23-15(21)13(9(3)17)11(19)7-8-12(20)14(10(4)18)16(22)24-6-2/h13-14H,5-8H2,1-4H3. The van der Waals surface area contributed by atoms with Gasteiger partial charge in [0.15, 0.2) is 35.0 Å². The van der Waals surface area contributed by atoms with Gasteiger partial charge in [-0.2, -0.15) is 0 Å². The number of hydrogen-bond acceptors (Lipinski definition) is 8. The molecular formula is C16H22O8. The van der Waals surface area contributed by atoms with E-state index in [-0.39, 0.29) is 13.2 Å². The molecule has 0 aromatic rings. The molecule has 2 unspecified atom stereocenters. The molecule has 8 heteroatoms. The number of Topliss-reactive ketones (excluding diaryl/α,β-unsaturated/α-hetero) is 4. The Morgan fingerprint density at radius 3 is 1.17 bits per heavy atom. The lowest BCUT2D eigenvalue weighted by atomic mass is 9.91. The maximum absolute atomic E-state index is 12.0. The second-order valence-corrected chi connectivity index (χ2v) is 5.02. The Bertz CT molecular complexity index is 486. The van der Waals surface area contributed by atoms with E-state index in [4.69, 9.17) is 0 Å². The van der Waals surface area contributed by atoms with Crippen molar-refractivity contribution in [3.05, 3.63) is 0 Å². The van der Waals surface area contributed by atoms with Gasteiger partial charge in [0.25, 0.3) is 0 Å². The molecule has 0 radical (unpaired) electrons. The van der Waals surface area contributed by atoms with Crippen molar-refractivity contribution >= 4 is 35.1 Å². The smallest absolute Gasteiger partial charge is 0.324 e. The van der Waals surface area contributed by atoms with Crippen molar-refractivity contribution < 1.29 is 38.2 Å². The maximum Gasteiger partial charge on any atom is 0.324 e. The molecule has 0 N–H and O–H groups in total. The maximum atomic E-state index is 12.0. The molecule has 8 nitrogen and oxygen atoms in total. The van der Waals surface area contributed by atoms with E-state index in [0.29, 0.717) is 0 Å².